The first-order chi connectivity index (χ1) is 9.24. The number of aromatic nitrogens is 3. The standard InChI is InChI=1S/C14H22N4O/c1-4-8-18-14(16-10-17-18)9-12(15-5-2)13-7-6-11(3)19-13/h6-7,10,12,15H,4-5,8-9H2,1-3H3. The molecular weight excluding hydrogens is 240 g/mol. The van der Waals surface area contributed by atoms with E-state index in [0.717, 1.165) is 43.3 Å². The van der Waals surface area contributed by atoms with Gasteiger partial charge in [0.05, 0.1) is 6.04 Å². The second-order valence-electron chi connectivity index (χ2n) is 4.66. The molecule has 0 saturated heterocycles. The van der Waals surface area contributed by atoms with Gasteiger partial charge in [0, 0.05) is 13.0 Å². The number of likely N-dealkylation sites (N-methyl/N-ethyl adjacent to an activating group) is 1. The molecule has 1 atom stereocenters. The summed E-state index contributed by atoms with van der Waals surface area (Å²) in [5.41, 5.74) is 0. The lowest BCUT2D eigenvalue weighted by atomic mass is 10.1. The lowest BCUT2D eigenvalue weighted by Gasteiger charge is -2.15. The van der Waals surface area contributed by atoms with Gasteiger partial charge in [-0.3, -0.25) is 4.68 Å². The largest absolute Gasteiger partial charge is 0.465 e. The quantitative estimate of drug-likeness (QED) is 0.833. The average Bonchev–Trinajstić information content (AvgIpc) is 2.99. The van der Waals surface area contributed by atoms with E-state index in [1.54, 1.807) is 6.33 Å². The molecule has 0 spiro atoms. The molecular formula is C14H22N4O. The Morgan fingerprint density at radius 3 is 2.84 bits per heavy atom. The highest BCUT2D eigenvalue weighted by Crippen LogP contribution is 2.20. The van der Waals surface area contributed by atoms with Crippen LogP contribution in [0.25, 0.3) is 0 Å². The molecule has 2 aromatic rings. The van der Waals surface area contributed by atoms with Crippen LogP contribution in [0.5, 0.6) is 0 Å². The van der Waals surface area contributed by atoms with E-state index in [0.29, 0.717) is 0 Å². The first-order valence-electron chi connectivity index (χ1n) is 6.91. The van der Waals surface area contributed by atoms with Crippen molar-refractivity contribution < 1.29 is 4.42 Å². The van der Waals surface area contributed by atoms with Crippen molar-refractivity contribution in [3.05, 3.63) is 35.8 Å². The number of aryl methyl sites for hydroxylation is 2. The van der Waals surface area contributed by atoms with E-state index in [4.69, 9.17) is 4.42 Å². The molecule has 1 unspecified atom stereocenters. The molecule has 0 aliphatic carbocycles. The lowest BCUT2D eigenvalue weighted by Crippen LogP contribution is -2.24. The smallest absolute Gasteiger partial charge is 0.138 e. The Kier molecular flexibility index (Phi) is 4.74. The molecule has 5 heteroatoms. The van der Waals surface area contributed by atoms with Crippen molar-refractivity contribution in [3.63, 3.8) is 0 Å². The van der Waals surface area contributed by atoms with E-state index in [9.17, 15) is 0 Å². The zero-order valence-corrected chi connectivity index (χ0v) is 11.9. The van der Waals surface area contributed by atoms with Crippen LogP contribution in [0, 0.1) is 6.92 Å². The topological polar surface area (TPSA) is 55.9 Å². The summed E-state index contributed by atoms with van der Waals surface area (Å²) in [4.78, 5) is 4.36. The molecule has 19 heavy (non-hydrogen) atoms. The highest BCUT2D eigenvalue weighted by Gasteiger charge is 2.17. The van der Waals surface area contributed by atoms with Crippen LogP contribution in [0.1, 0.15) is 43.7 Å². The fraction of sp³-hybridized carbons (Fsp3) is 0.571. The van der Waals surface area contributed by atoms with Gasteiger partial charge in [0.1, 0.15) is 23.7 Å². The van der Waals surface area contributed by atoms with Gasteiger partial charge in [0.25, 0.3) is 0 Å². The SMILES string of the molecule is CCCn1ncnc1CC(NCC)c1ccc(C)o1. The van der Waals surface area contributed by atoms with E-state index < -0.39 is 0 Å². The van der Waals surface area contributed by atoms with Crippen LogP contribution in [0.4, 0.5) is 0 Å². The maximum atomic E-state index is 5.73. The van der Waals surface area contributed by atoms with Gasteiger partial charge in [0.15, 0.2) is 0 Å². The minimum absolute atomic E-state index is 0.151. The Balaban J connectivity index is 2.14. The van der Waals surface area contributed by atoms with Crippen molar-refractivity contribution in [2.45, 2.75) is 46.2 Å². The molecule has 0 aliphatic heterocycles. The molecule has 5 nitrogen and oxygen atoms in total. The molecule has 2 rings (SSSR count). The van der Waals surface area contributed by atoms with Crippen molar-refractivity contribution in [2.24, 2.45) is 0 Å². The van der Waals surface area contributed by atoms with E-state index in [1.807, 2.05) is 23.7 Å². The van der Waals surface area contributed by atoms with Crippen molar-refractivity contribution in [3.8, 4) is 0 Å². The van der Waals surface area contributed by atoms with Gasteiger partial charge in [-0.15, -0.1) is 0 Å². The Labute approximate surface area is 114 Å². The lowest BCUT2D eigenvalue weighted by molar-refractivity contribution is 0.393. The van der Waals surface area contributed by atoms with Crippen molar-refractivity contribution in [2.75, 3.05) is 6.54 Å². The van der Waals surface area contributed by atoms with Gasteiger partial charge in [-0.25, -0.2) is 4.98 Å². The van der Waals surface area contributed by atoms with Crippen LogP contribution in [-0.2, 0) is 13.0 Å². The third-order valence-corrected chi connectivity index (χ3v) is 3.07. The molecule has 2 heterocycles. The molecule has 2 aromatic heterocycles. The summed E-state index contributed by atoms with van der Waals surface area (Å²) in [7, 11) is 0. The first kappa shape index (κ1) is 13.8. The van der Waals surface area contributed by atoms with Gasteiger partial charge >= 0.3 is 0 Å². The molecule has 0 radical (unpaired) electrons. The zero-order valence-electron chi connectivity index (χ0n) is 11.9. The number of nitrogens with zero attached hydrogens (tertiary/aromatic N) is 3. The van der Waals surface area contributed by atoms with E-state index in [1.165, 1.54) is 0 Å². The molecule has 0 fully saturated rings. The molecule has 0 amide bonds. The predicted molar refractivity (Wildman–Crippen MR) is 73.9 cm³/mol. The number of hydrogen-bond donors (Lipinski definition) is 1. The Morgan fingerprint density at radius 1 is 1.37 bits per heavy atom. The Morgan fingerprint density at radius 2 is 2.21 bits per heavy atom. The van der Waals surface area contributed by atoms with E-state index in [2.05, 4.69) is 29.2 Å². The summed E-state index contributed by atoms with van der Waals surface area (Å²) >= 11 is 0. The maximum absolute atomic E-state index is 5.73. The van der Waals surface area contributed by atoms with E-state index >= 15 is 0 Å². The minimum Gasteiger partial charge on any atom is -0.465 e. The number of hydrogen-bond acceptors (Lipinski definition) is 4. The second-order valence-corrected chi connectivity index (χ2v) is 4.66. The monoisotopic (exact) mass is 262 g/mol. The van der Waals surface area contributed by atoms with Gasteiger partial charge in [-0.2, -0.15) is 5.10 Å². The maximum Gasteiger partial charge on any atom is 0.138 e. The summed E-state index contributed by atoms with van der Waals surface area (Å²) in [6, 6.07) is 4.18. The molecule has 1 N–H and O–H groups in total. The molecule has 0 saturated carbocycles. The van der Waals surface area contributed by atoms with E-state index in [-0.39, 0.29) is 6.04 Å². The van der Waals surface area contributed by atoms with Crippen LogP contribution < -0.4 is 5.32 Å². The van der Waals surface area contributed by atoms with Crippen molar-refractivity contribution in [1.82, 2.24) is 20.1 Å². The van der Waals surface area contributed by atoms with Gasteiger partial charge in [-0.1, -0.05) is 13.8 Å². The summed E-state index contributed by atoms with van der Waals surface area (Å²) in [6.07, 6.45) is 3.48. The van der Waals surface area contributed by atoms with Crippen molar-refractivity contribution >= 4 is 0 Å². The van der Waals surface area contributed by atoms with Gasteiger partial charge in [0.2, 0.25) is 0 Å². The second kappa shape index (κ2) is 6.52. The normalized spacial score (nSPS) is 12.8. The van der Waals surface area contributed by atoms with Gasteiger partial charge < -0.3 is 9.73 Å². The highest BCUT2D eigenvalue weighted by atomic mass is 16.3. The molecule has 104 valence electrons. The fourth-order valence-corrected chi connectivity index (χ4v) is 2.19. The number of nitrogens with one attached hydrogen (secondary N) is 1. The van der Waals surface area contributed by atoms with Crippen LogP contribution in [-0.4, -0.2) is 21.3 Å². The van der Waals surface area contributed by atoms with Crippen LogP contribution in [0.3, 0.4) is 0 Å². The number of rotatable bonds is 7. The van der Waals surface area contributed by atoms with Crippen LogP contribution >= 0.6 is 0 Å². The third kappa shape index (κ3) is 3.44. The molecule has 0 bridgehead atoms. The summed E-state index contributed by atoms with van der Waals surface area (Å²) in [5, 5.41) is 7.71. The summed E-state index contributed by atoms with van der Waals surface area (Å²) in [5.74, 6) is 2.90. The summed E-state index contributed by atoms with van der Waals surface area (Å²) < 4.78 is 7.70. The summed E-state index contributed by atoms with van der Waals surface area (Å²) in [6.45, 7) is 8.01. The Bertz CT molecular complexity index is 503. The Hall–Kier alpha value is -1.62. The molecule has 0 aromatic carbocycles. The van der Waals surface area contributed by atoms with Crippen LogP contribution in [0.15, 0.2) is 22.9 Å². The highest BCUT2D eigenvalue weighted by molar-refractivity contribution is 5.11. The number of furan rings is 1. The van der Waals surface area contributed by atoms with Gasteiger partial charge in [-0.05, 0) is 32.0 Å². The zero-order chi connectivity index (χ0) is 13.7. The average molecular weight is 262 g/mol. The predicted octanol–water partition coefficient (Wildman–Crippen LogP) is 2.48. The minimum atomic E-state index is 0.151. The molecule has 0 aliphatic rings. The third-order valence-electron chi connectivity index (χ3n) is 3.07. The van der Waals surface area contributed by atoms with Crippen molar-refractivity contribution in [1.29, 1.82) is 0 Å². The van der Waals surface area contributed by atoms with Crippen LogP contribution in [0.2, 0.25) is 0 Å². The fourth-order valence-electron chi connectivity index (χ4n) is 2.19. The first-order valence-corrected chi connectivity index (χ1v) is 6.91.